The van der Waals surface area contributed by atoms with Crippen molar-refractivity contribution in [2.75, 3.05) is 48.8 Å². The van der Waals surface area contributed by atoms with Crippen molar-refractivity contribution in [1.29, 1.82) is 0 Å². The zero-order valence-electron chi connectivity index (χ0n) is 27.0. The fourth-order valence-corrected chi connectivity index (χ4v) is 6.40. The highest BCUT2D eigenvalue weighted by Crippen LogP contribution is 2.53. The van der Waals surface area contributed by atoms with Crippen LogP contribution in [0.3, 0.4) is 0 Å². The van der Waals surface area contributed by atoms with Crippen LogP contribution >= 0.6 is 0 Å². The molecule has 0 unspecified atom stereocenters. The number of likely N-dealkylation sites (N-methyl/N-ethyl adjacent to an activating group) is 1. The number of amides is 3. The average molecular weight is 670 g/mol. The summed E-state index contributed by atoms with van der Waals surface area (Å²) in [5.41, 5.74) is 2.68. The molecular weight excluding hydrogens is 635 g/mol. The lowest BCUT2D eigenvalue weighted by molar-refractivity contribution is -0.137. The van der Waals surface area contributed by atoms with E-state index in [9.17, 15) is 27.6 Å². The average Bonchev–Trinajstić information content (AvgIpc) is 3.89. The van der Waals surface area contributed by atoms with Crippen LogP contribution in [0.25, 0.3) is 0 Å². The van der Waals surface area contributed by atoms with Crippen LogP contribution in [0.1, 0.15) is 55.9 Å². The number of rotatable bonds is 6. The minimum atomic E-state index is -4.57. The van der Waals surface area contributed by atoms with Gasteiger partial charge in [-0.1, -0.05) is 12.1 Å². The molecule has 10 nitrogen and oxygen atoms in total. The maximum Gasteiger partial charge on any atom is 0.416 e. The Kier molecular flexibility index (Phi) is 8.10. The van der Waals surface area contributed by atoms with Crippen LogP contribution in [0.5, 0.6) is 0 Å². The van der Waals surface area contributed by atoms with Gasteiger partial charge in [-0.25, -0.2) is 9.97 Å². The number of hydrogen-bond donors (Lipinski definition) is 2. The Bertz CT molecular complexity index is 1950. The number of aryl methyl sites for hydroxylation is 1. The molecule has 7 rings (SSSR count). The van der Waals surface area contributed by atoms with Gasteiger partial charge in [-0.05, 0) is 87.0 Å². The van der Waals surface area contributed by atoms with Gasteiger partial charge >= 0.3 is 6.18 Å². The number of carbonyl (C=O) groups excluding carboxylic acids is 3. The van der Waals surface area contributed by atoms with Gasteiger partial charge in [-0.15, -0.1) is 0 Å². The van der Waals surface area contributed by atoms with Gasteiger partial charge in [-0.2, -0.15) is 13.2 Å². The number of alkyl halides is 3. The monoisotopic (exact) mass is 669 g/mol. The molecule has 0 bridgehead atoms. The fraction of sp³-hybridized carbons (Fsp3) is 0.306. The molecule has 13 heteroatoms. The first-order valence-corrected chi connectivity index (χ1v) is 16.0. The van der Waals surface area contributed by atoms with Crippen molar-refractivity contribution in [3.05, 3.63) is 106 Å². The second kappa shape index (κ2) is 12.3. The van der Waals surface area contributed by atoms with E-state index in [1.165, 1.54) is 12.1 Å². The van der Waals surface area contributed by atoms with Gasteiger partial charge in [0.15, 0.2) is 0 Å². The number of anilines is 4. The summed E-state index contributed by atoms with van der Waals surface area (Å²) in [5.74, 6) is -0.456. The lowest BCUT2D eigenvalue weighted by Crippen LogP contribution is -2.47. The van der Waals surface area contributed by atoms with Crippen LogP contribution in [-0.2, 0) is 22.9 Å². The molecule has 2 aliphatic heterocycles. The third kappa shape index (κ3) is 6.33. The van der Waals surface area contributed by atoms with Gasteiger partial charge in [-0.3, -0.25) is 14.4 Å². The number of nitrogens with one attached hydrogen (secondary N) is 2. The summed E-state index contributed by atoms with van der Waals surface area (Å²) in [4.78, 5) is 54.9. The molecule has 49 heavy (non-hydrogen) atoms. The summed E-state index contributed by atoms with van der Waals surface area (Å²) in [5, 5.41) is 5.88. The first kappa shape index (κ1) is 32.3. The third-order valence-corrected chi connectivity index (χ3v) is 9.44. The number of nitrogens with zero attached hydrogens (tertiary/aromatic N) is 5. The van der Waals surface area contributed by atoms with Gasteiger partial charge < -0.3 is 25.3 Å². The highest BCUT2D eigenvalue weighted by Gasteiger charge is 2.58. The Morgan fingerprint density at radius 1 is 0.898 bits per heavy atom. The molecule has 3 aromatic carbocycles. The van der Waals surface area contributed by atoms with Crippen molar-refractivity contribution in [1.82, 2.24) is 19.8 Å². The van der Waals surface area contributed by atoms with E-state index in [-0.39, 0.29) is 23.9 Å². The minimum Gasteiger partial charge on any atom is -0.336 e. The molecule has 1 aliphatic carbocycles. The minimum absolute atomic E-state index is 0.00212. The second-order valence-electron chi connectivity index (χ2n) is 12.9. The Balaban J connectivity index is 1.07. The highest BCUT2D eigenvalue weighted by molar-refractivity contribution is 6.07. The van der Waals surface area contributed by atoms with Gasteiger partial charge in [0, 0.05) is 66.1 Å². The third-order valence-electron chi connectivity index (χ3n) is 9.44. The van der Waals surface area contributed by atoms with Gasteiger partial charge in [0.1, 0.15) is 0 Å². The van der Waals surface area contributed by atoms with Crippen molar-refractivity contribution in [3.63, 3.8) is 0 Å². The number of piperazine rings is 1. The second-order valence-corrected chi connectivity index (χ2v) is 12.9. The molecule has 252 valence electrons. The van der Waals surface area contributed by atoms with Crippen molar-refractivity contribution in [3.8, 4) is 0 Å². The standard InChI is InChI=1S/C36H34F3N7O3/c1-22-6-9-28(41-31(47)24-4-3-5-26(18-24)36(37,38)39)19-29(22)46-21-25-20-40-34(43-30(25)35(12-13-35)33(46)49)42-27-10-7-23(8-11-27)32(48)45-16-14-44(2)15-17-45/h3-11,18-20H,12-17,21H2,1-2H3,(H,41,47)(H,40,42,43). The molecule has 0 atom stereocenters. The molecule has 4 aromatic rings. The summed E-state index contributed by atoms with van der Waals surface area (Å²) >= 11 is 0. The van der Waals surface area contributed by atoms with E-state index in [1.54, 1.807) is 41.4 Å². The molecule has 3 aliphatic rings. The summed E-state index contributed by atoms with van der Waals surface area (Å²) < 4.78 is 39.6. The van der Waals surface area contributed by atoms with Gasteiger partial charge in [0.2, 0.25) is 11.9 Å². The number of hydrogen-bond acceptors (Lipinski definition) is 7. The van der Waals surface area contributed by atoms with Crippen molar-refractivity contribution in [2.24, 2.45) is 0 Å². The smallest absolute Gasteiger partial charge is 0.336 e. The number of benzene rings is 3. The zero-order valence-corrected chi connectivity index (χ0v) is 27.0. The van der Waals surface area contributed by atoms with Crippen LogP contribution in [0, 0.1) is 6.92 Å². The van der Waals surface area contributed by atoms with E-state index < -0.39 is 23.1 Å². The Morgan fingerprint density at radius 2 is 1.61 bits per heavy atom. The highest BCUT2D eigenvalue weighted by atomic mass is 19.4. The van der Waals surface area contributed by atoms with Crippen LogP contribution in [0.2, 0.25) is 0 Å². The van der Waals surface area contributed by atoms with Crippen LogP contribution < -0.4 is 15.5 Å². The molecule has 0 radical (unpaired) electrons. The fourth-order valence-electron chi connectivity index (χ4n) is 6.40. The van der Waals surface area contributed by atoms with Crippen molar-refractivity contribution in [2.45, 2.75) is 37.9 Å². The molecule has 3 amide bonds. The molecule has 1 saturated carbocycles. The van der Waals surface area contributed by atoms with Crippen molar-refractivity contribution < 1.29 is 27.6 Å². The lowest BCUT2D eigenvalue weighted by atomic mass is 9.91. The van der Waals surface area contributed by atoms with E-state index in [0.29, 0.717) is 60.2 Å². The summed E-state index contributed by atoms with van der Waals surface area (Å²) in [6.07, 6.45) is -1.61. The zero-order chi connectivity index (χ0) is 34.5. The predicted octanol–water partition coefficient (Wildman–Crippen LogP) is 5.77. The maximum atomic E-state index is 14.0. The lowest BCUT2D eigenvalue weighted by Gasteiger charge is -2.34. The first-order valence-electron chi connectivity index (χ1n) is 16.0. The number of aromatic nitrogens is 2. The van der Waals surface area contributed by atoms with E-state index in [4.69, 9.17) is 4.98 Å². The van der Waals surface area contributed by atoms with Crippen molar-refractivity contribution >= 4 is 40.7 Å². The maximum absolute atomic E-state index is 14.0. The van der Waals surface area contributed by atoms with Gasteiger partial charge in [0.05, 0.1) is 23.2 Å². The first-order chi connectivity index (χ1) is 23.4. The normalized spacial score (nSPS) is 17.1. The summed E-state index contributed by atoms with van der Waals surface area (Å²) in [7, 11) is 2.04. The SMILES string of the molecule is Cc1ccc(NC(=O)c2cccc(C(F)(F)F)c2)cc1N1Cc2cnc(Nc3ccc(C(=O)N4CCN(C)CC4)cc3)nc2C2(CC2)C1=O. The predicted molar refractivity (Wildman–Crippen MR) is 178 cm³/mol. The molecule has 1 aromatic heterocycles. The Morgan fingerprint density at radius 3 is 2.31 bits per heavy atom. The van der Waals surface area contributed by atoms with E-state index in [0.717, 1.165) is 36.3 Å². The number of halogens is 3. The Hall–Kier alpha value is -5.30. The van der Waals surface area contributed by atoms with Crippen LogP contribution in [0.4, 0.5) is 36.2 Å². The number of fused-ring (bicyclic) bond motifs is 2. The topological polar surface area (TPSA) is 111 Å². The van der Waals surface area contributed by atoms with E-state index >= 15 is 0 Å². The van der Waals surface area contributed by atoms with E-state index in [2.05, 4.69) is 20.5 Å². The largest absolute Gasteiger partial charge is 0.416 e. The van der Waals surface area contributed by atoms with Crippen LogP contribution in [-0.4, -0.2) is 70.7 Å². The molecule has 1 saturated heterocycles. The van der Waals surface area contributed by atoms with Gasteiger partial charge in [0.25, 0.3) is 11.8 Å². The van der Waals surface area contributed by atoms with E-state index in [1.807, 2.05) is 31.0 Å². The summed E-state index contributed by atoms with van der Waals surface area (Å²) in [6.45, 7) is 5.15. The Labute approximate surface area is 280 Å². The van der Waals surface area contributed by atoms with Crippen LogP contribution in [0.15, 0.2) is 72.9 Å². The molecule has 2 fully saturated rings. The number of carbonyl (C=O) groups is 3. The molecule has 2 N–H and O–H groups in total. The quantitative estimate of drug-likeness (QED) is 0.269. The molecular formula is C36H34F3N7O3. The molecule has 1 spiro atoms. The molecule has 3 heterocycles. The summed E-state index contributed by atoms with van der Waals surface area (Å²) in [6, 6.07) is 16.5.